The van der Waals surface area contributed by atoms with Crippen molar-refractivity contribution in [2.75, 3.05) is 55.6 Å². The maximum atomic E-state index is 11.7. The van der Waals surface area contributed by atoms with Gasteiger partial charge in [-0.3, -0.25) is 4.79 Å². The van der Waals surface area contributed by atoms with Gasteiger partial charge in [-0.25, -0.2) is 9.97 Å². The van der Waals surface area contributed by atoms with Crippen LogP contribution in [0.2, 0.25) is 0 Å². The van der Waals surface area contributed by atoms with Gasteiger partial charge in [0.15, 0.2) is 0 Å². The van der Waals surface area contributed by atoms with E-state index in [0.29, 0.717) is 11.6 Å². The monoisotopic (exact) mass is 451 g/mol. The standard InChI is InChI=1S/C23H25N5O3S/c1-30-16-21(29)25-18-3-2-4-20(15-18)32-22-9-10-24-23(27-22)26-17-5-7-19(8-6-17)28-11-13-31-14-12-28/h2-10,15H,11-14,16H2,1H3,(H,25,29)(H,24,26,27). The second kappa shape index (κ2) is 10.9. The van der Waals surface area contributed by atoms with Gasteiger partial charge in [-0.05, 0) is 48.5 Å². The Morgan fingerprint density at radius 3 is 2.72 bits per heavy atom. The molecule has 1 aromatic heterocycles. The summed E-state index contributed by atoms with van der Waals surface area (Å²) in [6.07, 6.45) is 1.73. The van der Waals surface area contributed by atoms with Gasteiger partial charge in [-0.2, -0.15) is 0 Å². The third-order valence-electron chi connectivity index (χ3n) is 4.75. The SMILES string of the molecule is COCC(=O)Nc1cccc(Sc2ccnc(Nc3ccc(N4CCOCC4)cc3)n2)c1. The van der Waals surface area contributed by atoms with Crippen LogP contribution in [0.3, 0.4) is 0 Å². The number of benzene rings is 2. The summed E-state index contributed by atoms with van der Waals surface area (Å²) in [5.74, 6) is 0.335. The van der Waals surface area contributed by atoms with Gasteiger partial charge in [0.1, 0.15) is 11.6 Å². The molecule has 0 radical (unpaired) electrons. The first-order chi connectivity index (χ1) is 15.7. The molecule has 1 saturated heterocycles. The smallest absolute Gasteiger partial charge is 0.250 e. The Morgan fingerprint density at radius 2 is 1.94 bits per heavy atom. The minimum Gasteiger partial charge on any atom is -0.378 e. The summed E-state index contributed by atoms with van der Waals surface area (Å²) >= 11 is 1.50. The number of amides is 1. The maximum Gasteiger partial charge on any atom is 0.250 e. The lowest BCUT2D eigenvalue weighted by atomic mass is 10.2. The summed E-state index contributed by atoms with van der Waals surface area (Å²) in [7, 11) is 1.49. The van der Waals surface area contributed by atoms with Crippen molar-refractivity contribution in [2.45, 2.75) is 9.92 Å². The Bertz CT molecular complexity index is 1040. The topological polar surface area (TPSA) is 88.6 Å². The second-order valence-electron chi connectivity index (χ2n) is 7.10. The van der Waals surface area contributed by atoms with E-state index in [1.807, 2.05) is 42.5 Å². The van der Waals surface area contributed by atoms with E-state index >= 15 is 0 Å². The molecule has 9 heteroatoms. The molecule has 4 rings (SSSR count). The quantitative estimate of drug-likeness (QED) is 0.500. The highest BCUT2D eigenvalue weighted by atomic mass is 32.2. The van der Waals surface area contributed by atoms with Gasteiger partial charge in [-0.1, -0.05) is 17.8 Å². The molecule has 2 aromatic carbocycles. The van der Waals surface area contributed by atoms with Crippen LogP contribution in [0.25, 0.3) is 0 Å². The number of anilines is 4. The van der Waals surface area contributed by atoms with Crippen molar-refractivity contribution in [2.24, 2.45) is 0 Å². The zero-order chi connectivity index (χ0) is 22.2. The first kappa shape index (κ1) is 22.1. The van der Waals surface area contributed by atoms with Gasteiger partial charge < -0.3 is 25.0 Å². The third kappa shape index (κ3) is 6.19. The molecule has 1 aliphatic rings. The molecule has 2 N–H and O–H groups in total. The Hall–Kier alpha value is -3.14. The van der Waals surface area contributed by atoms with Crippen LogP contribution in [0.1, 0.15) is 0 Å². The third-order valence-corrected chi connectivity index (χ3v) is 5.67. The highest BCUT2D eigenvalue weighted by Crippen LogP contribution is 2.29. The van der Waals surface area contributed by atoms with Crippen LogP contribution < -0.4 is 15.5 Å². The van der Waals surface area contributed by atoms with Crippen molar-refractivity contribution in [1.82, 2.24) is 9.97 Å². The zero-order valence-corrected chi connectivity index (χ0v) is 18.6. The van der Waals surface area contributed by atoms with Crippen molar-refractivity contribution in [3.8, 4) is 0 Å². The molecule has 1 aliphatic heterocycles. The van der Waals surface area contributed by atoms with Crippen LogP contribution in [0, 0.1) is 0 Å². The van der Waals surface area contributed by atoms with E-state index in [0.717, 1.165) is 41.9 Å². The fourth-order valence-electron chi connectivity index (χ4n) is 3.25. The van der Waals surface area contributed by atoms with E-state index in [-0.39, 0.29) is 12.5 Å². The maximum absolute atomic E-state index is 11.7. The summed E-state index contributed by atoms with van der Waals surface area (Å²) < 4.78 is 10.3. The van der Waals surface area contributed by atoms with Gasteiger partial charge in [0.25, 0.3) is 0 Å². The molecule has 0 spiro atoms. The van der Waals surface area contributed by atoms with Gasteiger partial charge in [0.2, 0.25) is 11.9 Å². The molecular weight excluding hydrogens is 426 g/mol. The lowest BCUT2D eigenvalue weighted by molar-refractivity contribution is -0.119. The first-order valence-electron chi connectivity index (χ1n) is 10.3. The van der Waals surface area contributed by atoms with Crippen LogP contribution in [0.5, 0.6) is 0 Å². The minimum absolute atomic E-state index is 0.0196. The number of carbonyl (C=O) groups excluding carboxylic acids is 1. The number of carbonyl (C=O) groups is 1. The average molecular weight is 452 g/mol. The minimum atomic E-state index is -0.192. The predicted octanol–water partition coefficient (Wildman–Crippen LogP) is 3.79. The fraction of sp³-hybridized carbons (Fsp3) is 0.261. The second-order valence-corrected chi connectivity index (χ2v) is 8.19. The molecule has 1 amide bonds. The number of rotatable bonds is 8. The van der Waals surface area contributed by atoms with Crippen LogP contribution in [0.15, 0.2) is 70.7 Å². The molecule has 0 unspecified atom stereocenters. The lowest BCUT2D eigenvalue weighted by Crippen LogP contribution is -2.36. The molecule has 166 valence electrons. The molecule has 2 heterocycles. The van der Waals surface area contributed by atoms with Crippen molar-refractivity contribution in [1.29, 1.82) is 0 Å². The van der Waals surface area contributed by atoms with E-state index in [2.05, 4.69) is 37.6 Å². The van der Waals surface area contributed by atoms with Gasteiger partial charge in [0.05, 0.1) is 13.2 Å². The summed E-state index contributed by atoms with van der Waals surface area (Å²) in [5, 5.41) is 6.87. The molecule has 3 aromatic rings. The average Bonchev–Trinajstić information content (AvgIpc) is 2.81. The summed E-state index contributed by atoms with van der Waals surface area (Å²) in [6.45, 7) is 3.37. The Balaban J connectivity index is 1.39. The van der Waals surface area contributed by atoms with Crippen LogP contribution in [-0.4, -0.2) is 55.9 Å². The van der Waals surface area contributed by atoms with Crippen LogP contribution in [0.4, 0.5) is 23.0 Å². The van der Waals surface area contributed by atoms with Crippen LogP contribution in [-0.2, 0) is 14.3 Å². The van der Waals surface area contributed by atoms with E-state index in [1.165, 1.54) is 24.6 Å². The normalized spacial score (nSPS) is 13.6. The van der Waals surface area contributed by atoms with Gasteiger partial charge in [0, 0.05) is 48.4 Å². The lowest BCUT2D eigenvalue weighted by Gasteiger charge is -2.28. The number of hydrogen-bond acceptors (Lipinski definition) is 8. The number of morpholine rings is 1. The van der Waals surface area contributed by atoms with Crippen molar-refractivity contribution in [3.05, 3.63) is 60.8 Å². The molecular formula is C23H25N5O3S. The summed E-state index contributed by atoms with van der Waals surface area (Å²) in [6, 6.07) is 17.7. The molecule has 8 nitrogen and oxygen atoms in total. The molecule has 0 atom stereocenters. The summed E-state index contributed by atoms with van der Waals surface area (Å²) in [4.78, 5) is 23.9. The van der Waals surface area contributed by atoms with Crippen molar-refractivity contribution < 1.29 is 14.3 Å². The summed E-state index contributed by atoms with van der Waals surface area (Å²) in [5.41, 5.74) is 2.82. The molecule has 32 heavy (non-hydrogen) atoms. The zero-order valence-electron chi connectivity index (χ0n) is 17.8. The van der Waals surface area contributed by atoms with E-state index in [9.17, 15) is 4.79 Å². The number of hydrogen-bond donors (Lipinski definition) is 2. The number of ether oxygens (including phenoxy) is 2. The Morgan fingerprint density at radius 1 is 1.12 bits per heavy atom. The van der Waals surface area contributed by atoms with E-state index in [1.54, 1.807) is 6.20 Å². The molecule has 0 saturated carbocycles. The molecule has 0 aliphatic carbocycles. The van der Waals surface area contributed by atoms with Gasteiger partial charge >= 0.3 is 0 Å². The Labute approximate surface area is 191 Å². The van der Waals surface area contributed by atoms with E-state index in [4.69, 9.17) is 9.47 Å². The molecule has 0 bridgehead atoms. The fourth-order valence-corrected chi connectivity index (χ4v) is 4.09. The van der Waals surface area contributed by atoms with Crippen molar-refractivity contribution in [3.63, 3.8) is 0 Å². The molecule has 1 fully saturated rings. The highest BCUT2D eigenvalue weighted by Gasteiger charge is 2.11. The number of aromatic nitrogens is 2. The Kier molecular flexibility index (Phi) is 7.55. The van der Waals surface area contributed by atoms with Gasteiger partial charge in [-0.15, -0.1) is 0 Å². The van der Waals surface area contributed by atoms with E-state index < -0.39 is 0 Å². The number of nitrogens with one attached hydrogen (secondary N) is 2. The largest absolute Gasteiger partial charge is 0.378 e. The highest BCUT2D eigenvalue weighted by molar-refractivity contribution is 7.99. The number of methoxy groups -OCH3 is 1. The van der Waals surface area contributed by atoms with Crippen molar-refractivity contribution >= 4 is 40.7 Å². The first-order valence-corrected chi connectivity index (χ1v) is 11.1. The predicted molar refractivity (Wildman–Crippen MR) is 126 cm³/mol. The van der Waals surface area contributed by atoms with Crippen LogP contribution >= 0.6 is 11.8 Å². The number of nitrogens with zero attached hydrogens (tertiary/aromatic N) is 3.